The zero-order chi connectivity index (χ0) is 44.6. The van der Waals surface area contributed by atoms with Crippen LogP contribution < -0.4 is 10.6 Å². The number of alkyl halides is 3. The van der Waals surface area contributed by atoms with E-state index in [-0.39, 0.29) is 17.3 Å². The van der Waals surface area contributed by atoms with Crippen molar-refractivity contribution in [3.63, 3.8) is 0 Å². The van der Waals surface area contributed by atoms with Crippen molar-refractivity contribution in [3.05, 3.63) is 89.5 Å². The van der Waals surface area contributed by atoms with Gasteiger partial charge in [0.1, 0.15) is 11.2 Å². The van der Waals surface area contributed by atoms with Crippen LogP contribution in [0.1, 0.15) is 65.2 Å². The number of H-pyrrole nitrogens is 1. The van der Waals surface area contributed by atoms with Crippen molar-refractivity contribution in [2.45, 2.75) is 97.1 Å². The van der Waals surface area contributed by atoms with Crippen LogP contribution in [0.25, 0.3) is 22.8 Å². The number of benzene rings is 3. The first-order valence-electron chi connectivity index (χ1n) is 18.7. The lowest BCUT2D eigenvalue weighted by molar-refractivity contribution is -0.145. The number of nitrogens with zero attached hydrogens (tertiary/aromatic N) is 7. The van der Waals surface area contributed by atoms with Crippen molar-refractivity contribution in [1.29, 1.82) is 0 Å². The second-order valence-electron chi connectivity index (χ2n) is 14.9. The van der Waals surface area contributed by atoms with Gasteiger partial charge >= 0.3 is 18.4 Å². The summed E-state index contributed by atoms with van der Waals surface area (Å²) in [6.07, 6.45) is -3.98. The molecule has 2 amide bonds. The third-order valence-corrected chi connectivity index (χ3v) is 8.69. The molecule has 5 aromatic rings. The van der Waals surface area contributed by atoms with Gasteiger partial charge in [0, 0.05) is 24.2 Å². The Bertz CT molecular complexity index is 2170. The van der Waals surface area contributed by atoms with Crippen molar-refractivity contribution in [3.8, 4) is 22.8 Å². The molecule has 0 fully saturated rings. The number of carbonyl (C=O) groups excluding carboxylic acids is 2. The minimum Gasteiger partial charge on any atom is -0.444 e. The molecule has 2 heterocycles. The number of rotatable bonds is 12. The van der Waals surface area contributed by atoms with E-state index in [1.807, 2.05) is 52.0 Å². The van der Waals surface area contributed by atoms with Crippen molar-refractivity contribution in [1.82, 2.24) is 51.5 Å². The fourth-order valence-corrected chi connectivity index (χ4v) is 5.60. The van der Waals surface area contributed by atoms with Crippen LogP contribution in [-0.4, -0.2) is 98.5 Å². The van der Waals surface area contributed by atoms with Crippen molar-refractivity contribution >= 4 is 22.3 Å². The van der Waals surface area contributed by atoms with Crippen molar-refractivity contribution < 1.29 is 44.8 Å². The normalized spacial score (nSPS) is 11.7. The number of aromatic nitrogens is 8. The van der Waals surface area contributed by atoms with Gasteiger partial charge in [-0.2, -0.15) is 31.6 Å². The highest BCUT2D eigenvalue weighted by atomic mass is 32.2. The Hall–Kier alpha value is -5.96. The molecule has 0 aliphatic rings. The highest BCUT2D eigenvalue weighted by Gasteiger charge is 2.29. The van der Waals surface area contributed by atoms with E-state index in [4.69, 9.17) is 9.47 Å². The molecule has 0 bridgehead atoms. The lowest BCUT2D eigenvalue weighted by atomic mass is 10.1. The number of ether oxygens (including phenoxy) is 2. The first kappa shape index (κ1) is 48.4. The van der Waals surface area contributed by atoms with E-state index in [0.29, 0.717) is 35.7 Å². The van der Waals surface area contributed by atoms with Crippen LogP contribution in [-0.2, 0) is 43.2 Å². The molecule has 326 valence electrons. The Balaban J connectivity index is 0.000000253. The van der Waals surface area contributed by atoms with Crippen molar-refractivity contribution in [2.75, 3.05) is 19.7 Å². The monoisotopic (exact) mass is 860 g/mol. The largest absolute Gasteiger partial charge is 0.444 e. The number of halogens is 3. The number of carbonyl (C=O) groups is 2. The molecule has 0 unspecified atom stereocenters. The Morgan fingerprint density at radius 1 is 0.733 bits per heavy atom. The van der Waals surface area contributed by atoms with Crippen LogP contribution in [0.2, 0.25) is 0 Å². The van der Waals surface area contributed by atoms with Gasteiger partial charge in [0.25, 0.3) is 10.1 Å². The SMILES string of the molecule is CC(C)(C)OC(=O)NCCc1ccc(-c2nn[nH]n2)cc1.CC(C)(C)OC(=O)NCCc1ccc(-c2nnn(CC(F)(F)F)n2)cc1.CCOS(=O)(=O)c1ccc(C)cc1. The number of aryl methyl sites for hydroxylation is 1. The van der Waals surface area contributed by atoms with Gasteiger partial charge in [-0.1, -0.05) is 66.2 Å². The lowest BCUT2D eigenvalue weighted by Crippen LogP contribution is -2.33. The number of hydrogen-bond donors (Lipinski definition) is 3. The predicted octanol–water partition coefficient (Wildman–Crippen LogP) is 6.62. The third-order valence-electron chi connectivity index (χ3n) is 7.29. The van der Waals surface area contributed by atoms with Gasteiger partial charge in [-0.3, -0.25) is 4.18 Å². The zero-order valence-corrected chi connectivity index (χ0v) is 35.5. The first-order valence-corrected chi connectivity index (χ1v) is 20.1. The quantitative estimate of drug-likeness (QED) is 0.113. The number of alkyl carbamates (subject to hydrolysis) is 2. The first-order chi connectivity index (χ1) is 28.0. The fraction of sp³-hybridized carbons (Fsp3) is 0.436. The highest BCUT2D eigenvalue weighted by molar-refractivity contribution is 7.86. The van der Waals surface area contributed by atoms with Crippen LogP contribution in [0, 0.1) is 6.92 Å². The molecule has 3 N–H and O–H groups in total. The predicted molar refractivity (Wildman–Crippen MR) is 215 cm³/mol. The molecule has 0 aliphatic heterocycles. The van der Waals surface area contributed by atoms with Gasteiger partial charge in [-0.05, 0) is 102 Å². The second kappa shape index (κ2) is 21.9. The van der Waals surface area contributed by atoms with Gasteiger partial charge in [-0.15, -0.1) is 20.4 Å². The molecule has 5 rings (SSSR count). The molecule has 21 heteroatoms. The van der Waals surface area contributed by atoms with Gasteiger partial charge in [0.2, 0.25) is 11.6 Å². The summed E-state index contributed by atoms with van der Waals surface area (Å²) < 4.78 is 74.5. The number of nitrogens with one attached hydrogen (secondary N) is 3. The summed E-state index contributed by atoms with van der Waals surface area (Å²) in [7, 11) is -3.53. The third kappa shape index (κ3) is 18.7. The standard InChI is InChI=1S/C16H20F3N5O2.C14H19N5O2.C9H12O3S/c1-15(2,3)26-14(25)20-9-8-11-4-6-12(7-5-11)13-21-23-24(22-13)10-16(17,18)19;1-14(2,3)21-13(20)15-9-8-10-4-6-11(7-5-10)12-16-18-19-17-12;1-3-12-13(10,11)9-6-4-8(2)5-7-9/h4-7H,8-10H2,1-3H3,(H,20,25);4-7H,8-9H2,1-3H3,(H,15,20)(H,16,17,18,19);4-7H,3H2,1-2H3. The average molecular weight is 861 g/mol. The zero-order valence-electron chi connectivity index (χ0n) is 34.7. The minimum absolute atomic E-state index is 0.118. The topological polar surface area (TPSA) is 218 Å². The van der Waals surface area contributed by atoms with E-state index in [9.17, 15) is 31.2 Å². The molecule has 0 atom stereocenters. The van der Waals surface area contributed by atoms with Crippen molar-refractivity contribution in [2.24, 2.45) is 0 Å². The number of tetrazole rings is 2. The van der Waals surface area contributed by atoms with Gasteiger partial charge in [0.05, 0.1) is 11.5 Å². The molecular formula is C39H51F3N10O7S. The number of amides is 2. The summed E-state index contributed by atoms with van der Waals surface area (Å²) in [6.45, 7) is 14.2. The summed E-state index contributed by atoms with van der Waals surface area (Å²) in [4.78, 5) is 23.8. The van der Waals surface area contributed by atoms with Gasteiger partial charge in [0.15, 0.2) is 6.54 Å². The maximum atomic E-state index is 12.3. The molecule has 60 heavy (non-hydrogen) atoms. The molecule has 0 radical (unpaired) electrons. The average Bonchev–Trinajstić information content (AvgIpc) is 3.84. The molecule has 2 aromatic heterocycles. The molecule has 3 aromatic carbocycles. The summed E-state index contributed by atoms with van der Waals surface area (Å²) in [5.41, 5.74) is 3.50. The summed E-state index contributed by atoms with van der Waals surface area (Å²) >= 11 is 0. The Morgan fingerprint density at radius 3 is 1.63 bits per heavy atom. The molecule has 0 saturated heterocycles. The molecular weight excluding hydrogens is 810 g/mol. The lowest BCUT2D eigenvalue weighted by Gasteiger charge is -2.19. The highest BCUT2D eigenvalue weighted by Crippen LogP contribution is 2.19. The van der Waals surface area contributed by atoms with E-state index in [1.54, 1.807) is 76.2 Å². The van der Waals surface area contributed by atoms with Crippen LogP contribution in [0.3, 0.4) is 0 Å². The van der Waals surface area contributed by atoms with Crippen LogP contribution in [0.15, 0.2) is 77.7 Å². The molecule has 0 spiro atoms. The van der Waals surface area contributed by atoms with E-state index >= 15 is 0 Å². The van der Waals surface area contributed by atoms with Crippen LogP contribution >= 0.6 is 0 Å². The summed E-state index contributed by atoms with van der Waals surface area (Å²) in [5.74, 6) is 0.682. The van der Waals surface area contributed by atoms with E-state index in [1.165, 1.54) is 0 Å². The van der Waals surface area contributed by atoms with E-state index in [0.717, 1.165) is 28.7 Å². The van der Waals surface area contributed by atoms with Gasteiger partial charge in [-0.25, -0.2) is 9.59 Å². The summed E-state index contributed by atoms with van der Waals surface area (Å²) in [6, 6.07) is 21.3. The minimum atomic E-state index is -4.40. The van der Waals surface area contributed by atoms with Gasteiger partial charge < -0.3 is 20.1 Å². The number of hydrogen-bond acceptors (Lipinski definition) is 13. The Labute approximate surface area is 346 Å². The Morgan fingerprint density at radius 2 is 1.22 bits per heavy atom. The molecule has 0 saturated carbocycles. The number of aromatic amines is 1. The second-order valence-corrected chi connectivity index (χ2v) is 16.5. The summed E-state index contributed by atoms with van der Waals surface area (Å²) in [5, 5.41) is 29.9. The van der Waals surface area contributed by atoms with Crippen LogP contribution in [0.4, 0.5) is 22.8 Å². The maximum Gasteiger partial charge on any atom is 0.409 e. The van der Waals surface area contributed by atoms with Crippen LogP contribution in [0.5, 0.6) is 0 Å². The molecule has 0 aliphatic carbocycles. The fourth-order valence-electron chi connectivity index (χ4n) is 4.69. The van der Waals surface area contributed by atoms with E-state index in [2.05, 4.69) is 50.9 Å². The Kier molecular flexibility index (Phi) is 17.6. The maximum absolute atomic E-state index is 12.3. The van der Waals surface area contributed by atoms with E-state index < -0.39 is 46.2 Å². The smallest absolute Gasteiger partial charge is 0.409 e. The molecule has 17 nitrogen and oxygen atoms in total.